The molecule has 2 N–H and O–H groups in total. The van der Waals surface area contributed by atoms with Gasteiger partial charge in [0.25, 0.3) is 0 Å². The van der Waals surface area contributed by atoms with E-state index < -0.39 is 0 Å². The van der Waals surface area contributed by atoms with E-state index in [9.17, 15) is 0 Å². The van der Waals surface area contributed by atoms with Gasteiger partial charge in [-0.05, 0) is 25.3 Å². The van der Waals surface area contributed by atoms with E-state index in [1.807, 2.05) is 13.0 Å². The lowest BCUT2D eigenvalue weighted by atomic mass is 9.91. The van der Waals surface area contributed by atoms with Gasteiger partial charge in [0.2, 0.25) is 0 Å². The lowest BCUT2D eigenvalue weighted by Gasteiger charge is -2.15. The van der Waals surface area contributed by atoms with Crippen LogP contribution in [0.5, 0.6) is 0 Å². The van der Waals surface area contributed by atoms with Crippen LogP contribution in [0.25, 0.3) is 0 Å². The highest BCUT2D eigenvalue weighted by Crippen LogP contribution is 2.16. The van der Waals surface area contributed by atoms with Crippen molar-refractivity contribution in [3.8, 4) is 0 Å². The van der Waals surface area contributed by atoms with E-state index in [1.165, 1.54) is 0 Å². The van der Waals surface area contributed by atoms with Gasteiger partial charge in [0.05, 0.1) is 0 Å². The summed E-state index contributed by atoms with van der Waals surface area (Å²) in [5, 5.41) is 14.8. The average molecular weight is 136 g/mol. The Balaban J connectivity index is 2.69. The minimum atomic E-state index is 0.569. The van der Waals surface area contributed by atoms with Gasteiger partial charge in [0.15, 0.2) is 0 Å². The predicted octanol–water partition coefficient (Wildman–Crippen LogP) is 2.16. The highest BCUT2D eigenvalue weighted by molar-refractivity contribution is 6.12. The second-order valence-electron chi connectivity index (χ2n) is 2.57. The first-order valence-electron chi connectivity index (χ1n) is 3.53. The molecule has 0 aliphatic heterocycles. The molecule has 10 heavy (non-hydrogen) atoms. The fourth-order valence-corrected chi connectivity index (χ4v) is 1.17. The highest BCUT2D eigenvalue weighted by atomic mass is 14.5. The fraction of sp³-hybridized carbons (Fsp3) is 0.500. The van der Waals surface area contributed by atoms with Crippen LogP contribution in [0.1, 0.15) is 26.2 Å². The van der Waals surface area contributed by atoms with Crippen molar-refractivity contribution in [1.29, 1.82) is 10.8 Å². The van der Waals surface area contributed by atoms with E-state index >= 15 is 0 Å². The Kier molecular flexibility index (Phi) is 2.00. The zero-order chi connectivity index (χ0) is 7.56. The van der Waals surface area contributed by atoms with Crippen molar-refractivity contribution < 1.29 is 0 Å². The van der Waals surface area contributed by atoms with Crippen molar-refractivity contribution in [2.75, 3.05) is 0 Å². The summed E-state index contributed by atoms with van der Waals surface area (Å²) in [6, 6.07) is 0. The van der Waals surface area contributed by atoms with E-state index in [0.717, 1.165) is 18.4 Å². The standard InChI is InChI=1S/C8H12N2/c1-2-6-3-4-7(9)5-8(6)10/h2,9-10H,3-5H2,1H3/b6-2-,9-7?,10-8?. The minimum absolute atomic E-state index is 0.569. The quantitative estimate of drug-likeness (QED) is 0.512. The zero-order valence-electron chi connectivity index (χ0n) is 6.20. The molecular formula is C8H12N2. The molecule has 0 aromatic carbocycles. The molecule has 1 rings (SSSR count). The first-order valence-corrected chi connectivity index (χ1v) is 3.53. The Labute approximate surface area is 61.0 Å². The Morgan fingerprint density at radius 3 is 2.50 bits per heavy atom. The van der Waals surface area contributed by atoms with Crippen LogP contribution in [0.15, 0.2) is 11.6 Å². The molecule has 0 atom stereocenters. The number of nitrogens with one attached hydrogen (secondary N) is 2. The summed E-state index contributed by atoms with van der Waals surface area (Å²) in [6.07, 6.45) is 4.30. The predicted molar refractivity (Wildman–Crippen MR) is 43.1 cm³/mol. The molecule has 1 fully saturated rings. The summed E-state index contributed by atoms with van der Waals surface area (Å²) >= 11 is 0. The van der Waals surface area contributed by atoms with E-state index in [1.54, 1.807) is 0 Å². The maximum Gasteiger partial charge on any atom is 0.0398 e. The molecule has 1 aliphatic carbocycles. The average Bonchev–Trinajstić information content (AvgIpc) is 1.88. The molecule has 0 radical (unpaired) electrons. The van der Waals surface area contributed by atoms with E-state index in [4.69, 9.17) is 10.8 Å². The van der Waals surface area contributed by atoms with Crippen LogP contribution >= 0.6 is 0 Å². The van der Waals surface area contributed by atoms with E-state index in [2.05, 4.69) is 0 Å². The van der Waals surface area contributed by atoms with Crippen LogP contribution in [0.4, 0.5) is 0 Å². The topological polar surface area (TPSA) is 47.7 Å². The van der Waals surface area contributed by atoms with Gasteiger partial charge in [-0.15, -0.1) is 0 Å². The summed E-state index contributed by atoms with van der Waals surface area (Å²) in [6.45, 7) is 1.96. The molecule has 2 nitrogen and oxygen atoms in total. The third-order valence-electron chi connectivity index (χ3n) is 1.82. The van der Waals surface area contributed by atoms with Crippen molar-refractivity contribution in [2.24, 2.45) is 0 Å². The summed E-state index contributed by atoms with van der Waals surface area (Å²) in [4.78, 5) is 0. The Bertz CT molecular complexity index is 201. The molecule has 0 unspecified atom stereocenters. The summed E-state index contributed by atoms with van der Waals surface area (Å²) < 4.78 is 0. The van der Waals surface area contributed by atoms with Crippen LogP contribution in [0.2, 0.25) is 0 Å². The SMILES string of the molecule is C/C=C1/CCC(=N)CC1=N. The van der Waals surface area contributed by atoms with Crippen LogP contribution in [0, 0.1) is 10.8 Å². The van der Waals surface area contributed by atoms with Crippen LogP contribution in [-0.2, 0) is 0 Å². The lowest BCUT2D eigenvalue weighted by Crippen LogP contribution is -2.15. The molecule has 1 aliphatic rings. The molecule has 2 heteroatoms. The summed E-state index contributed by atoms with van der Waals surface area (Å²) in [5.74, 6) is 0. The number of rotatable bonds is 0. The zero-order valence-corrected chi connectivity index (χ0v) is 6.20. The Morgan fingerprint density at radius 2 is 2.00 bits per heavy atom. The number of hydrogen-bond donors (Lipinski definition) is 2. The third kappa shape index (κ3) is 1.32. The Hall–Kier alpha value is -0.920. The molecule has 0 aromatic rings. The number of allylic oxidation sites excluding steroid dienone is 2. The molecule has 0 amide bonds. The van der Waals surface area contributed by atoms with Crippen LogP contribution in [-0.4, -0.2) is 11.4 Å². The molecule has 0 aromatic heterocycles. The molecule has 0 bridgehead atoms. The van der Waals surface area contributed by atoms with Gasteiger partial charge in [0.1, 0.15) is 0 Å². The first kappa shape index (κ1) is 7.19. The van der Waals surface area contributed by atoms with Crippen LogP contribution in [0.3, 0.4) is 0 Å². The van der Waals surface area contributed by atoms with Crippen molar-refractivity contribution in [3.05, 3.63) is 11.6 Å². The van der Waals surface area contributed by atoms with Gasteiger partial charge in [-0.25, -0.2) is 0 Å². The summed E-state index contributed by atoms with van der Waals surface area (Å²) in [5.41, 5.74) is 2.46. The molecule has 0 saturated heterocycles. The minimum Gasteiger partial charge on any atom is -0.309 e. The van der Waals surface area contributed by atoms with Crippen molar-refractivity contribution in [2.45, 2.75) is 26.2 Å². The van der Waals surface area contributed by atoms with Gasteiger partial charge in [-0.2, -0.15) is 0 Å². The van der Waals surface area contributed by atoms with Crippen LogP contribution < -0.4 is 0 Å². The third-order valence-corrected chi connectivity index (χ3v) is 1.82. The van der Waals surface area contributed by atoms with Crippen molar-refractivity contribution >= 4 is 11.4 Å². The molecule has 54 valence electrons. The largest absolute Gasteiger partial charge is 0.309 e. The second-order valence-corrected chi connectivity index (χ2v) is 2.57. The monoisotopic (exact) mass is 136 g/mol. The molecule has 0 spiro atoms. The first-order chi connectivity index (χ1) is 4.74. The second kappa shape index (κ2) is 2.78. The van der Waals surface area contributed by atoms with Gasteiger partial charge in [0, 0.05) is 17.8 Å². The van der Waals surface area contributed by atoms with Gasteiger partial charge in [-0.3, -0.25) is 0 Å². The Morgan fingerprint density at radius 1 is 1.30 bits per heavy atom. The lowest BCUT2D eigenvalue weighted by molar-refractivity contribution is 0.986. The maximum absolute atomic E-state index is 7.47. The summed E-state index contributed by atoms with van der Waals surface area (Å²) in [7, 11) is 0. The normalized spacial score (nSPS) is 23.9. The fourth-order valence-electron chi connectivity index (χ4n) is 1.17. The van der Waals surface area contributed by atoms with Gasteiger partial charge < -0.3 is 10.8 Å². The van der Waals surface area contributed by atoms with E-state index in [-0.39, 0.29) is 0 Å². The van der Waals surface area contributed by atoms with Crippen molar-refractivity contribution in [1.82, 2.24) is 0 Å². The molecular weight excluding hydrogens is 124 g/mol. The smallest absolute Gasteiger partial charge is 0.0398 e. The van der Waals surface area contributed by atoms with Crippen molar-refractivity contribution in [3.63, 3.8) is 0 Å². The maximum atomic E-state index is 7.47. The highest BCUT2D eigenvalue weighted by Gasteiger charge is 2.13. The molecule has 0 heterocycles. The molecule has 1 saturated carbocycles. The van der Waals surface area contributed by atoms with Gasteiger partial charge >= 0.3 is 0 Å². The van der Waals surface area contributed by atoms with Gasteiger partial charge in [-0.1, -0.05) is 6.08 Å². The number of hydrogen-bond acceptors (Lipinski definition) is 2. The van der Waals surface area contributed by atoms with E-state index in [0.29, 0.717) is 17.8 Å².